The molecule has 1 atom stereocenters. The maximum atomic E-state index is 12.5. The van der Waals surface area contributed by atoms with Crippen LogP contribution in [-0.4, -0.2) is 36.1 Å². The summed E-state index contributed by atoms with van der Waals surface area (Å²) in [6.07, 6.45) is 3.63. The van der Waals surface area contributed by atoms with Gasteiger partial charge in [-0.25, -0.2) is 0 Å². The van der Waals surface area contributed by atoms with Gasteiger partial charge in [0.15, 0.2) is 6.61 Å². The molecule has 5 heteroatoms. The fourth-order valence-corrected chi connectivity index (χ4v) is 3.01. The quantitative estimate of drug-likeness (QED) is 0.847. The van der Waals surface area contributed by atoms with E-state index in [-0.39, 0.29) is 18.6 Å². The number of hydrogen-bond acceptors (Lipinski definition) is 4. The molecule has 0 spiro atoms. The summed E-state index contributed by atoms with van der Waals surface area (Å²) in [6, 6.07) is 11.7. The van der Waals surface area contributed by atoms with Gasteiger partial charge in [0.1, 0.15) is 11.5 Å². The average Bonchev–Trinajstić information content (AvgIpc) is 3.11. The lowest BCUT2D eigenvalue weighted by molar-refractivity contribution is -0.134. The Bertz CT molecular complexity index is 683. The maximum Gasteiger partial charge on any atom is 0.261 e. The molecule has 0 aliphatic carbocycles. The van der Waals surface area contributed by atoms with Crippen molar-refractivity contribution in [1.29, 1.82) is 0 Å². The predicted molar refractivity (Wildman–Crippen MR) is 91.2 cm³/mol. The fraction of sp³-hybridized carbons (Fsp3) is 0.368. The van der Waals surface area contributed by atoms with E-state index in [1.54, 1.807) is 13.3 Å². The number of carbonyl (C=O) groups excluding carboxylic acids is 1. The van der Waals surface area contributed by atoms with Gasteiger partial charge in [-0.05, 0) is 49.6 Å². The smallest absolute Gasteiger partial charge is 0.261 e. The number of likely N-dealkylation sites (tertiary alicyclic amines) is 1. The van der Waals surface area contributed by atoms with E-state index in [4.69, 9.17) is 9.47 Å². The molecule has 1 aromatic carbocycles. The summed E-state index contributed by atoms with van der Waals surface area (Å²) >= 11 is 0. The zero-order valence-electron chi connectivity index (χ0n) is 14.1. The zero-order valence-corrected chi connectivity index (χ0v) is 14.1. The van der Waals surface area contributed by atoms with Gasteiger partial charge in [-0.15, -0.1) is 0 Å². The second kappa shape index (κ2) is 7.34. The van der Waals surface area contributed by atoms with Gasteiger partial charge in [0, 0.05) is 12.2 Å². The van der Waals surface area contributed by atoms with Crippen molar-refractivity contribution >= 4 is 5.91 Å². The molecule has 0 bridgehead atoms. The second-order valence-electron chi connectivity index (χ2n) is 5.94. The van der Waals surface area contributed by atoms with Crippen molar-refractivity contribution in [3.63, 3.8) is 0 Å². The number of ether oxygens (including phenoxy) is 2. The van der Waals surface area contributed by atoms with Crippen molar-refractivity contribution in [2.75, 3.05) is 20.3 Å². The Morgan fingerprint density at radius 3 is 2.62 bits per heavy atom. The number of benzene rings is 1. The zero-order chi connectivity index (χ0) is 16.9. The number of hydrogen-bond donors (Lipinski definition) is 0. The third kappa shape index (κ3) is 3.67. The van der Waals surface area contributed by atoms with Gasteiger partial charge in [-0.3, -0.25) is 9.78 Å². The van der Waals surface area contributed by atoms with Crippen LogP contribution in [0.5, 0.6) is 11.5 Å². The molecule has 2 aromatic rings. The highest BCUT2D eigenvalue weighted by atomic mass is 16.5. The molecule has 1 amide bonds. The summed E-state index contributed by atoms with van der Waals surface area (Å²) in [6.45, 7) is 2.72. The lowest BCUT2D eigenvalue weighted by Gasteiger charge is -2.25. The minimum atomic E-state index is 0.00823. The Labute approximate surface area is 142 Å². The fourth-order valence-electron chi connectivity index (χ4n) is 3.01. The summed E-state index contributed by atoms with van der Waals surface area (Å²) < 4.78 is 10.8. The van der Waals surface area contributed by atoms with E-state index in [0.29, 0.717) is 5.75 Å². The topological polar surface area (TPSA) is 51.7 Å². The van der Waals surface area contributed by atoms with E-state index in [0.717, 1.165) is 36.4 Å². The number of methoxy groups -OCH3 is 1. The second-order valence-corrected chi connectivity index (χ2v) is 5.94. The number of nitrogens with zero attached hydrogens (tertiary/aromatic N) is 2. The van der Waals surface area contributed by atoms with E-state index < -0.39 is 0 Å². The van der Waals surface area contributed by atoms with E-state index in [9.17, 15) is 4.79 Å². The lowest BCUT2D eigenvalue weighted by atomic mass is 10.0. The average molecular weight is 326 g/mol. The minimum absolute atomic E-state index is 0.00823. The van der Waals surface area contributed by atoms with Crippen LogP contribution < -0.4 is 9.47 Å². The Balaban J connectivity index is 1.63. The van der Waals surface area contributed by atoms with Crippen LogP contribution in [0.4, 0.5) is 0 Å². The molecule has 0 N–H and O–H groups in total. The SMILES string of the molecule is COc1ccc(C2CCCN2C(=O)COc2ccc(C)nc2)cc1. The third-order valence-electron chi connectivity index (χ3n) is 4.32. The van der Waals surface area contributed by atoms with Crippen molar-refractivity contribution < 1.29 is 14.3 Å². The lowest BCUT2D eigenvalue weighted by Crippen LogP contribution is -2.34. The van der Waals surface area contributed by atoms with Gasteiger partial charge >= 0.3 is 0 Å². The van der Waals surface area contributed by atoms with Gasteiger partial charge in [-0.1, -0.05) is 12.1 Å². The highest BCUT2D eigenvalue weighted by Gasteiger charge is 2.30. The Kier molecular flexibility index (Phi) is 4.99. The summed E-state index contributed by atoms with van der Waals surface area (Å²) in [4.78, 5) is 18.6. The van der Waals surface area contributed by atoms with Crippen LogP contribution in [-0.2, 0) is 4.79 Å². The number of aryl methyl sites for hydroxylation is 1. The molecule has 5 nitrogen and oxygen atoms in total. The first-order chi connectivity index (χ1) is 11.7. The minimum Gasteiger partial charge on any atom is -0.497 e. The van der Waals surface area contributed by atoms with E-state index in [1.807, 2.05) is 48.2 Å². The van der Waals surface area contributed by atoms with E-state index >= 15 is 0 Å². The van der Waals surface area contributed by atoms with E-state index in [2.05, 4.69) is 4.98 Å². The van der Waals surface area contributed by atoms with E-state index in [1.165, 1.54) is 0 Å². The standard InChI is InChI=1S/C19H22N2O3/c1-14-5-8-17(12-20-14)24-13-19(22)21-11-3-4-18(21)15-6-9-16(23-2)10-7-15/h5-10,12,18H,3-4,11,13H2,1-2H3. The molecule has 24 heavy (non-hydrogen) atoms. The normalized spacial score (nSPS) is 16.9. The van der Waals surface area contributed by atoms with Crippen molar-refractivity contribution in [2.24, 2.45) is 0 Å². The molecule has 1 unspecified atom stereocenters. The molecule has 0 saturated carbocycles. The molecule has 1 aromatic heterocycles. The van der Waals surface area contributed by atoms with Gasteiger partial charge in [0.05, 0.1) is 19.3 Å². The molecule has 1 fully saturated rings. The number of carbonyl (C=O) groups is 1. The molecule has 126 valence electrons. The molecular weight excluding hydrogens is 304 g/mol. The van der Waals surface area contributed by atoms with Crippen molar-refractivity contribution in [1.82, 2.24) is 9.88 Å². The van der Waals surface area contributed by atoms with Gasteiger partial charge in [-0.2, -0.15) is 0 Å². The van der Waals surface area contributed by atoms with Crippen LogP contribution in [0, 0.1) is 6.92 Å². The molecule has 0 radical (unpaired) electrons. The summed E-state index contributed by atoms with van der Waals surface area (Å²) in [5.74, 6) is 1.45. The monoisotopic (exact) mass is 326 g/mol. The third-order valence-corrected chi connectivity index (χ3v) is 4.32. The van der Waals surface area contributed by atoms with Crippen LogP contribution >= 0.6 is 0 Å². The first-order valence-corrected chi connectivity index (χ1v) is 8.16. The van der Waals surface area contributed by atoms with Gasteiger partial charge in [0.25, 0.3) is 5.91 Å². The first-order valence-electron chi connectivity index (χ1n) is 8.16. The van der Waals surface area contributed by atoms with Crippen LogP contribution in [0.3, 0.4) is 0 Å². The first kappa shape index (κ1) is 16.3. The Morgan fingerprint density at radius 2 is 1.96 bits per heavy atom. The van der Waals surface area contributed by atoms with Gasteiger partial charge in [0.2, 0.25) is 0 Å². The van der Waals surface area contributed by atoms with Crippen LogP contribution in [0.15, 0.2) is 42.6 Å². The van der Waals surface area contributed by atoms with Crippen molar-refractivity contribution in [3.8, 4) is 11.5 Å². The molecule has 1 aliphatic heterocycles. The largest absolute Gasteiger partial charge is 0.497 e. The molecule has 1 saturated heterocycles. The number of amides is 1. The molecular formula is C19H22N2O3. The Hall–Kier alpha value is -2.56. The summed E-state index contributed by atoms with van der Waals surface area (Å²) in [5, 5.41) is 0. The molecule has 2 heterocycles. The highest BCUT2D eigenvalue weighted by molar-refractivity contribution is 5.78. The van der Waals surface area contributed by atoms with Crippen LogP contribution in [0.2, 0.25) is 0 Å². The predicted octanol–water partition coefficient (Wildman–Crippen LogP) is 3.14. The number of aromatic nitrogens is 1. The molecule has 1 aliphatic rings. The number of rotatable bonds is 5. The summed E-state index contributed by atoms with van der Waals surface area (Å²) in [7, 11) is 1.65. The Morgan fingerprint density at radius 1 is 1.21 bits per heavy atom. The van der Waals surface area contributed by atoms with Crippen LogP contribution in [0.1, 0.15) is 30.1 Å². The van der Waals surface area contributed by atoms with Crippen molar-refractivity contribution in [3.05, 3.63) is 53.9 Å². The maximum absolute atomic E-state index is 12.5. The van der Waals surface area contributed by atoms with Crippen molar-refractivity contribution in [2.45, 2.75) is 25.8 Å². The van der Waals surface area contributed by atoms with Gasteiger partial charge < -0.3 is 14.4 Å². The van der Waals surface area contributed by atoms with Crippen LogP contribution in [0.25, 0.3) is 0 Å². The number of pyridine rings is 1. The summed E-state index contributed by atoms with van der Waals surface area (Å²) in [5.41, 5.74) is 2.06. The highest BCUT2D eigenvalue weighted by Crippen LogP contribution is 2.32. The molecule has 3 rings (SSSR count).